The van der Waals surface area contributed by atoms with E-state index in [2.05, 4.69) is 5.14 Å². The Bertz CT molecular complexity index is 325. The Kier molecular flexibility index (Phi) is 3.05. The highest BCUT2D eigenvalue weighted by Gasteiger charge is 1.97. The maximum Gasteiger partial charge on any atom is 0.296 e. The molecule has 0 aliphatic heterocycles. The zero-order valence-corrected chi connectivity index (χ0v) is 6.09. The molecule has 0 aromatic rings. The maximum absolute atomic E-state index is 10.2. The van der Waals surface area contributed by atoms with E-state index in [1.165, 1.54) is 12.1 Å². The molecule has 0 rings (SSSR count). The number of hydrogen-bond donors (Lipinski definition) is 2. The van der Waals surface area contributed by atoms with E-state index in [1.54, 1.807) is 4.72 Å². The molecule has 0 saturated carbocycles. The summed E-state index contributed by atoms with van der Waals surface area (Å²) in [5.74, 6) is 0. The van der Waals surface area contributed by atoms with Gasteiger partial charge in [-0.05, 0) is 0 Å². The molecule has 0 fully saturated rings. The maximum atomic E-state index is 10.2. The van der Waals surface area contributed by atoms with Crippen LogP contribution in [0.15, 0.2) is 11.8 Å². The van der Waals surface area contributed by atoms with Gasteiger partial charge in [-0.1, -0.05) is 0 Å². The minimum Gasteiger partial charge on any atom is -0.276 e. The topological polar surface area (TPSA) is 120 Å². The third-order valence-electron chi connectivity index (χ3n) is 0.608. The number of nitrogens with zero attached hydrogens (tertiary/aromatic N) is 2. The van der Waals surface area contributed by atoms with E-state index in [9.17, 15) is 8.42 Å². The summed E-state index contributed by atoms with van der Waals surface area (Å²) in [4.78, 5) is 0. The number of allylic oxidation sites excluding steroid dienone is 1. The smallest absolute Gasteiger partial charge is 0.276 e. The lowest BCUT2D eigenvalue weighted by Gasteiger charge is -1.92. The van der Waals surface area contributed by atoms with Crippen LogP contribution in [0.4, 0.5) is 0 Å². The van der Waals surface area contributed by atoms with Gasteiger partial charge in [-0.3, -0.25) is 4.72 Å². The quantitative estimate of drug-likeness (QED) is 0.503. The monoisotopic (exact) mass is 172 g/mol. The van der Waals surface area contributed by atoms with Gasteiger partial charge in [0.25, 0.3) is 10.2 Å². The Labute approximate surface area is 63.7 Å². The molecule has 0 radical (unpaired) electrons. The molecule has 0 aliphatic rings. The number of rotatable bonds is 2. The van der Waals surface area contributed by atoms with Crippen LogP contribution in [-0.2, 0) is 10.2 Å². The molecule has 6 nitrogen and oxygen atoms in total. The van der Waals surface area contributed by atoms with Gasteiger partial charge in [0.1, 0.15) is 17.7 Å². The lowest BCUT2D eigenvalue weighted by molar-refractivity contribution is 0.592. The normalized spacial score (nSPS) is 9.00. The van der Waals surface area contributed by atoms with Crippen LogP contribution in [0.25, 0.3) is 0 Å². The van der Waals surface area contributed by atoms with Gasteiger partial charge in [-0.2, -0.15) is 18.9 Å². The van der Waals surface area contributed by atoms with E-state index in [-0.39, 0.29) is 5.57 Å². The number of nitriles is 2. The van der Waals surface area contributed by atoms with Crippen molar-refractivity contribution in [2.75, 3.05) is 0 Å². The minimum absolute atomic E-state index is 0.362. The van der Waals surface area contributed by atoms with Crippen LogP contribution < -0.4 is 9.86 Å². The molecule has 0 heterocycles. The summed E-state index contributed by atoms with van der Waals surface area (Å²) in [6.07, 6.45) is 0.718. The van der Waals surface area contributed by atoms with E-state index in [0.717, 1.165) is 6.20 Å². The first kappa shape index (κ1) is 9.43. The fraction of sp³-hybridized carbons (Fsp3) is 0. The second kappa shape index (κ2) is 3.56. The highest BCUT2D eigenvalue weighted by atomic mass is 32.2. The molecule has 0 amide bonds. The lowest BCUT2D eigenvalue weighted by Crippen LogP contribution is -2.26. The lowest BCUT2D eigenvalue weighted by atomic mass is 10.4. The Morgan fingerprint density at radius 1 is 1.45 bits per heavy atom. The molecular weight excluding hydrogens is 168 g/mol. The summed E-state index contributed by atoms with van der Waals surface area (Å²) >= 11 is 0. The molecule has 0 aromatic heterocycles. The molecule has 0 spiro atoms. The molecular formula is C4H4N4O2S. The van der Waals surface area contributed by atoms with Crippen molar-refractivity contribution in [1.29, 1.82) is 10.5 Å². The predicted molar refractivity (Wildman–Crippen MR) is 35.6 cm³/mol. The first-order valence-electron chi connectivity index (χ1n) is 2.30. The fourth-order valence-electron chi connectivity index (χ4n) is 0.231. The summed E-state index contributed by atoms with van der Waals surface area (Å²) in [7, 11) is -3.87. The first-order valence-corrected chi connectivity index (χ1v) is 3.84. The second-order valence-corrected chi connectivity index (χ2v) is 2.77. The van der Waals surface area contributed by atoms with E-state index in [4.69, 9.17) is 10.5 Å². The third kappa shape index (κ3) is 4.90. The zero-order valence-electron chi connectivity index (χ0n) is 5.27. The van der Waals surface area contributed by atoms with Gasteiger partial charge in [-0.15, -0.1) is 0 Å². The highest BCUT2D eigenvalue weighted by Crippen LogP contribution is 1.84. The Morgan fingerprint density at radius 3 is 2.18 bits per heavy atom. The Balaban J connectivity index is 4.42. The van der Waals surface area contributed by atoms with Gasteiger partial charge in [0, 0.05) is 6.20 Å². The van der Waals surface area contributed by atoms with E-state index < -0.39 is 10.2 Å². The van der Waals surface area contributed by atoms with Crippen LogP contribution in [0.5, 0.6) is 0 Å². The fourth-order valence-corrected chi connectivity index (χ4v) is 0.513. The molecule has 0 atom stereocenters. The van der Waals surface area contributed by atoms with Crippen LogP contribution in [0.2, 0.25) is 0 Å². The standard InChI is InChI=1S/C4H4N4O2S/c5-1-4(2-6)3-8-11(7,9)10/h3,8H,(H2,7,9,10). The highest BCUT2D eigenvalue weighted by molar-refractivity contribution is 7.87. The van der Waals surface area contributed by atoms with Crippen LogP contribution in [0.1, 0.15) is 0 Å². The van der Waals surface area contributed by atoms with Crippen molar-refractivity contribution in [3.63, 3.8) is 0 Å². The Morgan fingerprint density at radius 2 is 1.91 bits per heavy atom. The van der Waals surface area contributed by atoms with Crippen molar-refractivity contribution in [2.24, 2.45) is 5.14 Å². The van der Waals surface area contributed by atoms with Crippen LogP contribution in [0.3, 0.4) is 0 Å². The molecule has 0 bridgehead atoms. The number of nitrogens with one attached hydrogen (secondary N) is 1. The van der Waals surface area contributed by atoms with Gasteiger partial charge in [0.05, 0.1) is 0 Å². The average Bonchev–Trinajstić information content (AvgIpc) is 1.88. The molecule has 58 valence electrons. The third-order valence-corrected chi connectivity index (χ3v) is 1.05. The van der Waals surface area contributed by atoms with E-state index >= 15 is 0 Å². The van der Waals surface area contributed by atoms with E-state index in [1.807, 2.05) is 0 Å². The van der Waals surface area contributed by atoms with Crippen LogP contribution in [0, 0.1) is 22.7 Å². The van der Waals surface area contributed by atoms with Gasteiger partial charge in [0.15, 0.2) is 0 Å². The van der Waals surface area contributed by atoms with Crippen molar-refractivity contribution in [3.8, 4) is 12.1 Å². The predicted octanol–water partition coefficient (Wildman–Crippen LogP) is -1.29. The van der Waals surface area contributed by atoms with Crippen LogP contribution in [-0.4, -0.2) is 8.42 Å². The molecule has 0 unspecified atom stereocenters. The van der Waals surface area contributed by atoms with Crippen molar-refractivity contribution < 1.29 is 8.42 Å². The number of nitrogens with two attached hydrogens (primary N) is 1. The Hall–Kier alpha value is -1.57. The molecule has 7 heteroatoms. The number of hydrogen-bond acceptors (Lipinski definition) is 4. The van der Waals surface area contributed by atoms with Crippen molar-refractivity contribution >= 4 is 10.2 Å². The molecule has 0 aromatic carbocycles. The summed E-state index contributed by atoms with van der Waals surface area (Å²) in [6, 6.07) is 2.88. The average molecular weight is 172 g/mol. The molecule has 0 saturated heterocycles. The largest absolute Gasteiger partial charge is 0.296 e. The van der Waals surface area contributed by atoms with E-state index in [0.29, 0.717) is 0 Å². The zero-order chi connectivity index (χ0) is 8.91. The summed E-state index contributed by atoms with van der Waals surface area (Å²) in [5, 5.41) is 20.7. The van der Waals surface area contributed by atoms with Gasteiger partial charge in [0.2, 0.25) is 0 Å². The molecule has 0 aliphatic carbocycles. The van der Waals surface area contributed by atoms with Crippen molar-refractivity contribution in [2.45, 2.75) is 0 Å². The van der Waals surface area contributed by atoms with Crippen molar-refractivity contribution in [3.05, 3.63) is 11.8 Å². The summed E-state index contributed by atoms with van der Waals surface area (Å²) in [6.45, 7) is 0. The van der Waals surface area contributed by atoms with Gasteiger partial charge >= 0.3 is 0 Å². The molecule has 11 heavy (non-hydrogen) atoms. The van der Waals surface area contributed by atoms with Gasteiger partial charge in [-0.25, -0.2) is 5.14 Å². The summed E-state index contributed by atoms with van der Waals surface area (Å²) < 4.78 is 22.0. The van der Waals surface area contributed by atoms with Gasteiger partial charge < -0.3 is 0 Å². The van der Waals surface area contributed by atoms with Crippen molar-refractivity contribution in [1.82, 2.24) is 4.72 Å². The second-order valence-electron chi connectivity index (χ2n) is 1.44. The van der Waals surface area contributed by atoms with Crippen LogP contribution >= 0.6 is 0 Å². The minimum atomic E-state index is -3.87. The first-order chi connectivity index (χ1) is 4.99. The SMILES string of the molecule is N#CC(C#N)=CNS(N)(=O)=O. The molecule has 3 N–H and O–H groups in total. The summed E-state index contributed by atoms with van der Waals surface area (Å²) in [5.41, 5.74) is -0.362.